The lowest BCUT2D eigenvalue weighted by atomic mass is 9.32. The summed E-state index contributed by atoms with van der Waals surface area (Å²) in [5.41, 5.74) is 0.546. The molecule has 6 nitrogen and oxygen atoms in total. The summed E-state index contributed by atoms with van der Waals surface area (Å²) in [5.74, 6) is 3.74. The molecular formula is C45H77NO5. The van der Waals surface area contributed by atoms with Crippen molar-refractivity contribution in [1.29, 1.82) is 0 Å². The monoisotopic (exact) mass is 712 g/mol. The topological polar surface area (TPSA) is 81.7 Å². The van der Waals surface area contributed by atoms with Crippen molar-refractivity contribution in [3.05, 3.63) is 0 Å². The maximum Gasteiger partial charge on any atom is 0.305 e. The number of esters is 2. The molecule has 10 atom stereocenters. The number of carbonyl (C=O) groups excluding carboxylic acids is 3. The van der Waals surface area contributed by atoms with Gasteiger partial charge in [-0.2, -0.15) is 0 Å². The molecule has 5 fully saturated rings. The van der Waals surface area contributed by atoms with Crippen LogP contribution < -0.4 is 5.32 Å². The van der Waals surface area contributed by atoms with E-state index in [4.69, 9.17) is 9.47 Å². The van der Waals surface area contributed by atoms with E-state index in [9.17, 15) is 14.4 Å². The van der Waals surface area contributed by atoms with Crippen molar-refractivity contribution in [2.45, 2.75) is 190 Å². The SMILES string of the molecule is CCOC(=O)CCCCCCCCCCNC(=O)[C@]12CC[C@@H](C(C)C)[C@@H]1[C@H]1CCC3[C@@]4(C)CC[C@H](OC(C)=O)C(C)(C)[C@@H]4CC[C@@]3(C)[C@]1(C)CC2. The van der Waals surface area contributed by atoms with Crippen LogP contribution in [0.1, 0.15) is 184 Å². The number of carbonyl (C=O) groups is 3. The molecule has 0 aliphatic heterocycles. The van der Waals surface area contributed by atoms with Gasteiger partial charge in [0.2, 0.25) is 5.91 Å². The zero-order valence-corrected chi connectivity index (χ0v) is 34.4. The van der Waals surface area contributed by atoms with Crippen LogP contribution in [0.5, 0.6) is 0 Å². The first-order chi connectivity index (χ1) is 24.1. The van der Waals surface area contributed by atoms with Crippen LogP contribution in [-0.4, -0.2) is 37.1 Å². The van der Waals surface area contributed by atoms with Crippen molar-refractivity contribution in [3.63, 3.8) is 0 Å². The van der Waals surface area contributed by atoms with Crippen LogP contribution in [0.3, 0.4) is 0 Å². The van der Waals surface area contributed by atoms with Crippen LogP contribution in [-0.2, 0) is 23.9 Å². The fourth-order valence-electron chi connectivity index (χ4n) is 14.2. The molecule has 0 bridgehead atoms. The highest BCUT2D eigenvalue weighted by Gasteiger charge is 2.72. The summed E-state index contributed by atoms with van der Waals surface area (Å²) in [5, 5.41) is 3.54. The minimum atomic E-state index is -0.197. The molecular weight excluding hydrogens is 634 g/mol. The van der Waals surface area contributed by atoms with E-state index in [-0.39, 0.29) is 45.1 Å². The number of ether oxygens (including phenoxy) is 2. The molecule has 292 valence electrons. The second-order valence-electron chi connectivity index (χ2n) is 19.9. The number of hydrogen-bond donors (Lipinski definition) is 1. The van der Waals surface area contributed by atoms with Gasteiger partial charge >= 0.3 is 11.9 Å². The lowest BCUT2D eigenvalue weighted by Gasteiger charge is -2.73. The van der Waals surface area contributed by atoms with Gasteiger partial charge in [0.15, 0.2) is 0 Å². The molecule has 5 aliphatic rings. The number of amides is 1. The van der Waals surface area contributed by atoms with Gasteiger partial charge in [0.25, 0.3) is 0 Å². The highest BCUT2D eigenvalue weighted by Crippen LogP contribution is 2.77. The first kappa shape index (κ1) is 40.6. The molecule has 51 heavy (non-hydrogen) atoms. The van der Waals surface area contributed by atoms with Crippen molar-refractivity contribution in [3.8, 4) is 0 Å². The molecule has 1 N–H and O–H groups in total. The Kier molecular flexibility index (Phi) is 12.8. The molecule has 1 unspecified atom stereocenters. The Hall–Kier alpha value is -1.59. The normalized spacial score (nSPS) is 39.6. The molecule has 5 rings (SSSR count). The number of hydrogen-bond acceptors (Lipinski definition) is 5. The van der Waals surface area contributed by atoms with Crippen LogP contribution in [0.2, 0.25) is 0 Å². The van der Waals surface area contributed by atoms with Gasteiger partial charge in [0.05, 0.1) is 12.0 Å². The predicted molar refractivity (Wildman–Crippen MR) is 206 cm³/mol. The number of fused-ring (bicyclic) bond motifs is 7. The van der Waals surface area contributed by atoms with Gasteiger partial charge in [-0.3, -0.25) is 14.4 Å². The van der Waals surface area contributed by atoms with Gasteiger partial charge in [0.1, 0.15) is 6.10 Å². The van der Waals surface area contributed by atoms with Crippen LogP contribution in [0, 0.1) is 62.6 Å². The van der Waals surface area contributed by atoms with Crippen molar-refractivity contribution in [1.82, 2.24) is 5.32 Å². The summed E-state index contributed by atoms with van der Waals surface area (Å²) in [4.78, 5) is 38.1. The molecule has 0 saturated heterocycles. The van der Waals surface area contributed by atoms with Crippen LogP contribution in [0.25, 0.3) is 0 Å². The molecule has 0 heterocycles. The lowest BCUT2D eigenvalue weighted by Crippen LogP contribution is -2.67. The van der Waals surface area contributed by atoms with Gasteiger partial charge < -0.3 is 14.8 Å². The first-order valence-electron chi connectivity index (χ1n) is 21.7. The third-order valence-electron chi connectivity index (χ3n) is 16.9. The Morgan fingerprint density at radius 2 is 1.39 bits per heavy atom. The van der Waals surface area contributed by atoms with Crippen molar-refractivity contribution in [2.24, 2.45) is 62.6 Å². The van der Waals surface area contributed by atoms with Crippen molar-refractivity contribution in [2.75, 3.05) is 13.2 Å². The average molecular weight is 712 g/mol. The van der Waals surface area contributed by atoms with Gasteiger partial charge in [-0.25, -0.2) is 0 Å². The maximum absolute atomic E-state index is 14.5. The van der Waals surface area contributed by atoms with Crippen LogP contribution in [0.15, 0.2) is 0 Å². The molecule has 0 spiro atoms. The summed E-state index contributed by atoms with van der Waals surface area (Å²) in [7, 11) is 0. The molecule has 1 amide bonds. The molecule has 5 saturated carbocycles. The van der Waals surface area contributed by atoms with Crippen LogP contribution in [0.4, 0.5) is 0 Å². The van der Waals surface area contributed by atoms with E-state index in [1.165, 1.54) is 70.6 Å². The van der Waals surface area contributed by atoms with E-state index < -0.39 is 0 Å². The third kappa shape index (κ3) is 7.44. The summed E-state index contributed by atoms with van der Waals surface area (Å²) < 4.78 is 11.0. The Balaban J connectivity index is 1.20. The third-order valence-corrected chi connectivity index (χ3v) is 16.9. The molecule has 5 aliphatic carbocycles. The van der Waals surface area contributed by atoms with Crippen molar-refractivity contribution >= 4 is 17.8 Å². The zero-order chi connectivity index (χ0) is 37.2. The van der Waals surface area contributed by atoms with Crippen molar-refractivity contribution < 1.29 is 23.9 Å². The van der Waals surface area contributed by atoms with E-state index in [0.717, 1.165) is 51.5 Å². The summed E-state index contributed by atoms with van der Waals surface area (Å²) in [6.07, 6.45) is 21.4. The highest BCUT2D eigenvalue weighted by molar-refractivity contribution is 5.83. The summed E-state index contributed by atoms with van der Waals surface area (Å²) >= 11 is 0. The minimum absolute atomic E-state index is 0.0157. The van der Waals surface area contributed by atoms with Gasteiger partial charge in [-0.15, -0.1) is 0 Å². The van der Waals surface area contributed by atoms with E-state index in [0.29, 0.717) is 54.4 Å². The van der Waals surface area contributed by atoms with E-state index in [1.807, 2.05) is 6.92 Å². The Morgan fingerprint density at radius 3 is 2.04 bits per heavy atom. The Labute approximate surface area is 312 Å². The fraction of sp³-hybridized carbons (Fsp3) is 0.933. The smallest absolute Gasteiger partial charge is 0.305 e. The largest absolute Gasteiger partial charge is 0.466 e. The standard InChI is InChI=1S/C45H77NO5/c1-10-50-38(48)19-17-15-13-11-12-14-16-18-30-46-40(49)45-27-22-33(31(2)3)39(45)34-20-21-36-42(7)25-24-37(51-32(4)47)41(5,6)35(42)23-26-44(36,9)43(34,8)28-29-45/h31,33-37,39H,10-30H2,1-9H3,(H,46,49)/t33-,34+,35-,36?,37-,39+,42-,43+,44+,45-/m0/s1. The number of unbranched alkanes of at least 4 members (excludes halogenated alkanes) is 7. The highest BCUT2D eigenvalue weighted by atomic mass is 16.5. The second kappa shape index (κ2) is 16.0. The van der Waals surface area contributed by atoms with Gasteiger partial charge in [-0.1, -0.05) is 87.0 Å². The molecule has 0 aromatic rings. The molecule has 0 aromatic carbocycles. The lowest BCUT2D eigenvalue weighted by molar-refractivity contribution is -0.250. The quantitative estimate of drug-likeness (QED) is 0.135. The average Bonchev–Trinajstić information content (AvgIpc) is 3.46. The number of rotatable bonds is 15. The summed E-state index contributed by atoms with van der Waals surface area (Å²) in [6.45, 7) is 22.3. The second-order valence-corrected chi connectivity index (χ2v) is 19.9. The maximum atomic E-state index is 14.5. The molecule has 0 aromatic heterocycles. The Morgan fingerprint density at radius 1 is 0.725 bits per heavy atom. The number of nitrogens with one attached hydrogen (secondary N) is 1. The molecule has 0 radical (unpaired) electrons. The van der Waals surface area contributed by atoms with E-state index in [2.05, 4.69) is 53.8 Å². The van der Waals surface area contributed by atoms with E-state index in [1.54, 1.807) is 6.92 Å². The zero-order valence-electron chi connectivity index (χ0n) is 34.4. The van der Waals surface area contributed by atoms with E-state index >= 15 is 0 Å². The fourth-order valence-corrected chi connectivity index (χ4v) is 14.2. The first-order valence-corrected chi connectivity index (χ1v) is 21.7. The predicted octanol–water partition coefficient (Wildman–Crippen LogP) is 10.8. The summed E-state index contributed by atoms with van der Waals surface area (Å²) in [6, 6.07) is 0. The molecule has 6 heteroatoms. The van der Waals surface area contributed by atoms with Gasteiger partial charge in [-0.05, 0) is 136 Å². The Bertz CT molecular complexity index is 1230. The van der Waals surface area contributed by atoms with Gasteiger partial charge in [0, 0.05) is 25.3 Å². The van der Waals surface area contributed by atoms with Crippen LogP contribution >= 0.6 is 0 Å². The minimum Gasteiger partial charge on any atom is -0.466 e.